The zero-order chi connectivity index (χ0) is 22.0. The summed E-state index contributed by atoms with van der Waals surface area (Å²) in [6, 6.07) is 4.66. The van der Waals surface area contributed by atoms with Gasteiger partial charge in [-0.1, -0.05) is 37.4 Å². The molecule has 2 atom stereocenters. The van der Waals surface area contributed by atoms with E-state index in [1.807, 2.05) is 13.8 Å². The fraction of sp³-hybridized carbons (Fsp3) is 0.524. The molecule has 1 aliphatic rings. The molecule has 1 aromatic carbocycles. The van der Waals surface area contributed by atoms with Crippen LogP contribution in [0, 0.1) is 17.8 Å². The van der Waals surface area contributed by atoms with Gasteiger partial charge in [-0.15, -0.1) is 6.42 Å². The monoisotopic (exact) mass is 423 g/mol. The Morgan fingerprint density at radius 1 is 1.55 bits per heavy atom. The van der Waals surface area contributed by atoms with Crippen molar-refractivity contribution in [3.8, 4) is 12.3 Å². The Morgan fingerprint density at radius 3 is 2.72 bits per heavy atom. The van der Waals surface area contributed by atoms with Crippen LogP contribution in [0.2, 0.25) is 5.02 Å². The second-order valence-corrected chi connectivity index (χ2v) is 8.02. The number of likely N-dealkylation sites (tertiary alicyclic amines) is 1. The number of halogens is 1. The smallest absolute Gasteiger partial charge is 0.240 e. The molecule has 0 bridgehead atoms. The summed E-state index contributed by atoms with van der Waals surface area (Å²) in [4.78, 5) is 23.7. The first kappa shape index (κ1) is 24.9. The predicted molar refractivity (Wildman–Crippen MR) is 113 cm³/mol. The van der Waals surface area contributed by atoms with E-state index in [9.17, 15) is 14.7 Å². The van der Waals surface area contributed by atoms with Crippen LogP contribution in [-0.4, -0.2) is 59.3 Å². The van der Waals surface area contributed by atoms with Gasteiger partial charge in [-0.2, -0.15) is 0 Å². The molecule has 29 heavy (non-hydrogen) atoms. The number of carbonyl (C=O) groups excluding carboxylic acids is 2. The number of carbonyl (C=O) groups is 2. The molecule has 1 fully saturated rings. The van der Waals surface area contributed by atoms with E-state index in [-0.39, 0.29) is 12.5 Å². The third-order valence-corrected chi connectivity index (χ3v) is 5.29. The highest BCUT2D eigenvalue weighted by Gasteiger charge is 2.36. The summed E-state index contributed by atoms with van der Waals surface area (Å²) < 4.78 is 0. The summed E-state index contributed by atoms with van der Waals surface area (Å²) in [5, 5.41) is 21.4. The number of nitrogens with one attached hydrogen (secondary N) is 1. The van der Waals surface area contributed by atoms with E-state index < -0.39 is 17.6 Å². The summed E-state index contributed by atoms with van der Waals surface area (Å²) in [6.07, 6.45) is 6.52. The number of β-amino-alcohol motifs (C(OH)–C–C–N with tert-alkyl or cyclic N) is 1. The highest BCUT2D eigenvalue weighted by molar-refractivity contribution is 6.31. The number of rotatable bonds is 7. The van der Waals surface area contributed by atoms with Crippen molar-refractivity contribution in [2.24, 2.45) is 11.1 Å². The molecule has 5 N–H and O–H groups in total. The Hall–Kier alpha value is -2.11. The average molecular weight is 424 g/mol. The molecule has 2 amide bonds. The normalized spacial score (nSPS) is 17.0. The van der Waals surface area contributed by atoms with Crippen LogP contribution in [0.4, 0.5) is 0 Å². The van der Waals surface area contributed by atoms with Crippen LogP contribution in [0.1, 0.15) is 37.8 Å². The van der Waals surface area contributed by atoms with E-state index in [0.29, 0.717) is 43.9 Å². The molecular formula is C21H30ClN3O4. The van der Waals surface area contributed by atoms with E-state index >= 15 is 0 Å². The van der Waals surface area contributed by atoms with Crippen molar-refractivity contribution >= 4 is 23.9 Å². The molecule has 0 aromatic heterocycles. The van der Waals surface area contributed by atoms with E-state index in [4.69, 9.17) is 28.9 Å². The van der Waals surface area contributed by atoms with Gasteiger partial charge < -0.3 is 26.2 Å². The van der Waals surface area contributed by atoms with Crippen molar-refractivity contribution < 1.29 is 19.8 Å². The average Bonchev–Trinajstić information content (AvgIpc) is 3.12. The van der Waals surface area contributed by atoms with Crippen molar-refractivity contribution in [3.05, 3.63) is 34.3 Å². The lowest BCUT2D eigenvalue weighted by atomic mass is 9.81. The third-order valence-electron chi connectivity index (χ3n) is 4.93. The SMILES string of the molecule is C#Cc1ccc(CNC=O)c(Cl)c1.CC(C)(CCO)C(N)C(=O)N1CCC(O)C1. The second-order valence-electron chi connectivity index (χ2n) is 7.62. The minimum Gasteiger partial charge on any atom is -0.396 e. The number of nitrogens with zero attached hydrogens (tertiary/aromatic N) is 1. The summed E-state index contributed by atoms with van der Waals surface area (Å²) in [5.74, 6) is 2.35. The third kappa shape index (κ3) is 7.67. The minimum atomic E-state index is -0.620. The number of aliphatic hydroxyl groups excluding tert-OH is 2. The van der Waals surface area contributed by atoms with Gasteiger partial charge in [0.15, 0.2) is 0 Å². The number of amides is 2. The van der Waals surface area contributed by atoms with E-state index in [0.717, 1.165) is 11.1 Å². The van der Waals surface area contributed by atoms with Gasteiger partial charge in [0.2, 0.25) is 12.3 Å². The van der Waals surface area contributed by atoms with Crippen LogP contribution in [-0.2, 0) is 16.1 Å². The lowest BCUT2D eigenvalue weighted by molar-refractivity contribution is -0.134. The zero-order valence-electron chi connectivity index (χ0n) is 16.9. The molecule has 0 radical (unpaired) electrons. The predicted octanol–water partition coefficient (Wildman–Crippen LogP) is 0.883. The molecular weight excluding hydrogens is 394 g/mol. The van der Waals surface area contributed by atoms with E-state index in [1.54, 1.807) is 23.1 Å². The Morgan fingerprint density at radius 2 is 2.24 bits per heavy atom. The minimum absolute atomic E-state index is 0.0244. The molecule has 1 aromatic rings. The van der Waals surface area contributed by atoms with Gasteiger partial charge >= 0.3 is 0 Å². The standard InChI is InChI=1S/C11H22N2O3.C10H8ClNO/c1-11(2,4-6-14)9(12)10(16)13-5-3-8(15)7-13;1-2-8-3-4-9(6-12-7-13)10(11)5-8/h8-9,14-15H,3-7,12H2,1-2H3;1,3-5,7H,6H2,(H,12,13). The van der Waals surface area contributed by atoms with Gasteiger partial charge in [0, 0.05) is 36.8 Å². The van der Waals surface area contributed by atoms with E-state index in [2.05, 4.69) is 11.2 Å². The molecule has 0 aliphatic carbocycles. The lowest BCUT2D eigenvalue weighted by Crippen LogP contribution is -2.51. The maximum absolute atomic E-state index is 12.0. The fourth-order valence-corrected chi connectivity index (χ4v) is 3.10. The lowest BCUT2D eigenvalue weighted by Gasteiger charge is -2.32. The Balaban J connectivity index is 0.000000296. The zero-order valence-corrected chi connectivity index (χ0v) is 17.7. The largest absolute Gasteiger partial charge is 0.396 e. The molecule has 2 unspecified atom stereocenters. The number of hydrogen-bond acceptors (Lipinski definition) is 5. The highest BCUT2D eigenvalue weighted by Crippen LogP contribution is 2.25. The van der Waals surface area contributed by atoms with E-state index in [1.165, 1.54) is 0 Å². The number of benzene rings is 1. The van der Waals surface area contributed by atoms with Crippen molar-refractivity contribution in [2.75, 3.05) is 19.7 Å². The first-order valence-corrected chi connectivity index (χ1v) is 9.79. The maximum Gasteiger partial charge on any atom is 0.240 e. The van der Waals surface area contributed by atoms with Gasteiger partial charge in [-0.3, -0.25) is 9.59 Å². The Bertz CT molecular complexity index is 733. The highest BCUT2D eigenvalue weighted by atomic mass is 35.5. The fourth-order valence-electron chi connectivity index (χ4n) is 2.85. The van der Waals surface area contributed by atoms with Crippen molar-refractivity contribution in [2.45, 2.75) is 45.4 Å². The Labute approximate surface area is 177 Å². The number of terminal acetylenes is 1. The molecule has 1 aliphatic heterocycles. The molecule has 2 rings (SSSR count). The van der Waals surface area contributed by atoms with Gasteiger partial charge in [0.1, 0.15) is 0 Å². The molecule has 1 heterocycles. The Kier molecular flexibility index (Phi) is 10.1. The second kappa shape index (κ2) is 11.8. The maximum atomic E-state index is 12.0. The van der Waals surface area contributed by atoms with Crippen LogP contribution in [0.15, 0.2) is 18.2 Å². The summed E-state index contributed by atoms with van der Waals surface area (Å²) in [7, 11) is 0. The number of hydrogen-bond donors (Lipinski definition) is 4. The first-order valence-electron chi connectivity index (χ1n) is 9.41. The number of nitrogens with two attached hydrogens (primary N) is 1. The van der Waals surface area contributed by atoms with Crippen molar-refractivity contribution in [1.82, 2.24) is 10.2 Å². The van der Waals surface area contributed by atoms with Gasteiger partial charge in [-0.05, 0) is 36.0 Å². The van der Waals surface area contributed by atoms with Crippen LogP contribution < -0.4 is 11.1 Å². The molecule has 7 nitrogen and oxygen atoms in total. The van der Waals surface area contributed by atoms with Crippen molar-refractivity contribution in [3.63, 3.8) is 0 Å². The van der Waals surface area contributed by atoms with Crippen LogP contribution in [0.3, 0.4) is 0 Å². The molecule has 1 saturated heterocycles. The number of aliphatic hydroxyl groups is 2. The first-order chi connectivity index (χ1) is 13.7. The quantitative estimate of drug-likeness (QED) is 0.384. The topological polar surface area (TPSA) is 116 Å². The van der Waals surface area contributed by atoms with Crippen molar-refractivity contribution in [1.29, 1.82) is 0 Å². The summed E-state index contributed by atoms with van der Waals surface area (Å²) >= 11 is 5.89. The van der Waals surface area contributed by atoms with Gasteiger partial charge in [-0.25, -0.2) is 0 Å². The van der Waals surface area contributed by atoms with Crippen LogP contribution in [0.5, 0.6) is 0 Å². The molecule has 0 spiro atoms. The summed E-state index contributed by atoms with van der Waals surface area (Å²) in [5.41, 5.74) is 7.10. The van der Waals surface area contributed by atoms with Gasteiger partial charge in [0.05, 0.1) is 12.1 Å². The van der Waals surface area contributed by atoms with Crippen LogP contribution >= 0.6 is 11.6 Å². The molecule has 0 saturated carbocycles. The van der Waals surface area contributed by atoms with Crippen LogP contribution in [0.25, 0.3) is 0 Å². The van der Waals surface area contributed by atoms with Gasteiger partial charge in [0.25, 0.3) is 0 Å². The molecule has 8 heteroatoms. The summed E-state index contributed by atoms with van der Waals surface area (Å²) in [6.45, 7) is 5.14. The molecule has 160 valence electrons.